The van der Waals surface area contributed by atoms with Crippen LogP contribution in [0.4, 0.5) is 0 Å². The number of nitrogens with one attached hydrogen (secondary N) is 2. The summed E-state index contributed by atoms with van der Waals surface area (Å²) in [6.07, 6.45) is 0.798. The van der Waals surface area contributed by atoms with Gasteiger partial charge in [0.2, 0.25) is 0 Å². The van der Waals surface area contributed by atoms with E-state index >= 15 is 0 Å². The molecule has 0 saturated carbocycles. The fraction of sp³-hybridized carbons (Fsp3) is 0.222. The molecule has 0 radical (unpaired) electrons. The molecule has 0 aliphatic rings. The van der Waals surface area contributed by atoms with E-state index in [2.05, 4.69) is 27.9 Å². The molecule has 0 heterocycles. The van der Waals surface area contributed by atoms with Gasteiger partial charge in [-0.1, -0.05) is 65.8 Å². The van der Waals surface area contributed by atoms with E-state index in [4.69, 9.17) is 5.21 Å². The minimum atomic E-state index is -0.373. The van der Waals surface area contributed by atoms with Crippen LogP contribution in [0.2, 0.25) is 0 Å². The summed E-state index contributed by atoms with van der Waals surface area (Å²) >= 11 is 0. The van der Waals surface area contributed by atoms with E-state index in [1.807, 2.05) is 24.3 Å². The number of benzene rings is 2. The molecule has 0 bridgehead atoms. The number of hydrogen-bond donors (Lipinski definition) is 3. The van der Waals surface area contributed by atoms with Crippen LogP contribution in [0.5, 0.6) is 0 Å². The maximum absolute atomic E-state index is 12.0. The Morgan fingerprint density at radius 3 is 2.26 bits per heavy atom. The van der Waals surface area contributed by atoms with Gasteiger partial charge < -0.3 is 15.8 Å². The van der Waals surface area contributed by atoms with Crippen molar-refractivity contribution in [2.75, 3.05) is 13.1 Å². The predicted molar refractivity (Wildman–Crippen MR) is 90.5 cm³/mol. The molecule has 0 saturated heterocycles. The number of carbonyl (C=O) groups is 1. The molecule has 0 spiro atoms. The normalized spacial score (nSPS) is 11.2. The average molecular weight is 311 g/mol. The number of rotatable bonds is 8. The Kier molecular flexibility index (Phi) is 6.81. The highest BCUT2D eigenvalue weighted by Crippen LogP contribution is 2.01. The van der Waals surface area contributed by atoms with Crippen LogP contribution in [0.25, 0.3) is 0 Å². The lowest BCUT2D eigenvalue weighted by atomic mass is 10.1. The monoisotopic (exact) mass is 311 g/mol. The third-order valence-electron chi connectivity index (χ3n) is 3.35. The fourth-order valence-electron chi connectivity index (χ4n) is 2.16. The van der Waals surface area contributed by atoms with Crippen molar-refractivity contribution in [2.45, 2.75) is 13.0 Å². The molecular formula is C18H21N3O2. The molecule has 5 nitrogen and oxygen atoms in total. The molecule has 5 heteroatoms. The molecule has 23 heavy (non-hydrogen) atoms. The lowest BCUT2D eigenvalue weighted by Gasteiger charge is -2.08. The number of amides is 1. The fourth-order valence-corrected chi connectivity index (χ4v) is 2.16. The van der Waals surface area contributed by atoms with Crippen molar-refractivity contribution >= 4 is 11.6 Å². The first-order valence-electron chi connectivity index (χ1n) is 7.61. The van der Waals surface area contributed by atoms with E-state index in [1.54, 1.807) is 24.3 Å². The van der Waals surface area contributed by atoms with Crippen molar-refractivity contribution in [3.63, 3.8) is 0 Å². The summed E-state index contributed by atoms with van der Waals surface area (Å²) in [5, 5.41) is 18.2. The number of carbonyl (C=O) groups excluding carboxylic acids is 1. The molecule has 2 aromatic rings. The highest BCUT2D eigenvalue weighted by molar-refractivity contribution is 6.45. The number of hydrogen-bond acceptors (Lipinski definition) is 4. The standard InChI is InChI=1S/C18H21N3O2/c22-18(17(21-23)16-10-5-2-6-11-16)20-13-7-12-19-14-15-8-3-1-4-9-15/h1-6,8-11,19,23H,7,12-14H2,(H,20,22)/b21-17+. The summed E-state index contributed by atoms with van der Waals surface area (Å²) in [6, 6.07) is 19.0. The highest BCUT2D eigenvalue weighted by Gasteiger charge is 2.13. The number of oxime groups is 1. The van der Waals surface area contributed by atoms with Gasteiger partial charge in [-0.25, -0.2) is 0 Å². The average Bonchev–Trinajstić information content (AvgIpc) is 2.60. The summed E-state index contributed by atoms with van der Waals surface area (Å²) in [7, 11) is 0. The van der Waals surface area contributed by atoms with Crippen LogP contribution < -0.4 is 10.6 Å². The van der Waals surface area contributed by atoms with Gasteiger partial charge in [-0.05, 0) is 18.5 Å². The van der Waals surface area contributed by atoms with Crippen LogP contribution in [0.15, 0.2) is 65.8 Å². The zero-order chi connectivity index (χ0) is 16.3. The van der Waals surface area contributed by atoms with Gasteiger partial charge in [-0.2, -0.15) is 0 Å². The van der Waals surface area contributed by atoms with Gasteiger partial charge in [0, 0.05) is 18.7 Å². The Labute approximate surface area is 136 Å². The van der Waals surface area contributed by atoms with Crippen LogP contribution in [-0.4, -0.2) is 29.9 Å². The van der Waals surface area contributed by atoms with Crippen LogP contribution in [-0.2, 0) is 11.3 Å². The van der Waals surface area contributed by atoms with Crippen molar-refractivity contribution < 1.29 is 10.0 Å². The van der Waals surface area contributed by atoms with Crippen molar-refractivity contribution in [1.29, 1.82) is 0 Å². The Bertz CT molecular complexity index is 627. The van der Waals surface area contributed by atoms with E-state index in [1.165, 1.54) is 5.56 Å². The zero-order valence-electron chi connectivity index (χ0n) is 12.9. The minimum Gasteiger partial charge on any atom is -0.410 e. The first-order chi connectivity index (χ1) is 11.3. The highest BCUT2D eigenvalue weighted by atomic mass is 16.4. The molecule has 0 unspecified atom stereocenters. The predicted octanol–water partition coefficient (Wildman–Crippen LogP) is 2.16. The van der Waals surface area contributed by atoms with E-state index in [9.17, 15) is 4.79 Å². The second-order valence-corrected chi connectivity index (χ2v) is 5.09. The first kappa shape index (κ1) is 16.7. The van der Waals surface area contributed by atoms with Crippen LogP contribution in [0.1, 0.15) is 17.5 Å². The van der Waals surface area contributed by atoms with Crippen LogP contribution >= 0.6 is 0 Å². The lowest BCUT2D eigenvalue weighted by Crippen LogP contribution is -2.33. The minimum absolute atomic E-state index is 0.0304. The third kappa shape index (κ3) is 5.56. The van der Waals surface area contributed by atoms with Crippen LogP contribution in [0.3, 0.4) is 0 Å². The molecule has 0 aromatic heterocycles. The second-order valence-electron chi connectivity index (χ2n) is 5.09. The lowest BCUT2D eigenvalue weighted by molar-refractivity contribution is -0.114. The molecule has 120 valence electrons. The smallest absolute Gasteiger partial charge is 0.273 e. The summed E-state index contributed by atoms with van der Waals surface area (Å²) in [5.74, 6) is -0.373. The van der Waals surface area contributed by atoms with Gasteiger partial charge in [-0.3, -0.25) is 4.79 Å². The molecule has 0 aliphatic heterocycles. The molecule has 2 rings (SSSR count). The Balaban J connectivity index is 1.66. The van der Waals surface area contributed by atoms with E-state index in [0.717, 1.165) is 19.5 Å². The molecular weight excluding hydrogens is 290 g/mol. The summed E-state index contributed by atoms with van der Waals surface area (Å²) in [4.78, 5) is 12.0. The van der Waals surface area contributed by atoms with Gasteiger partial charge in [0.15, 0.2) is 5.71 Å². The molecule has 3 N–H and O–H groups in total. The Hall–Kier alpha value is -2.66. The molecule has 2 aromatic carbocycles. The quantitative estimate of drug-likeness (QED) is 0.303. The summed E-state index contributed by atoms with van der Waals surface area (Å²) in [5.41, 5.74) is 1.85. The maximum atomic E-state index is 12.0. The topological polar surface area (TPSA) is 73.7 Å². The molecule has 0 fully saturated rings. The van der Waals surface area contributed by atoms with Crippen LogP contribution in [0, 0.1) is 0 Å². The molecule has 1 amide bonds. The third-order valence-corrected chi connectivity index (χ3v) is 3.35. The van der Waals surface area contributed by atoms with E-state index in [-0.39, 0.29) is 11.6 Å². The van der Waals surface area contributed by atoms with Gasteiger partial charge in [0.25, 0.3) is 5.91 Å². The summed E-state index contributed by atoms with van der Waals surface area (Å²) < 4.78 is 0. The SMILES string of the molecule is O=C(NCCCNCc1ccccc1)/C(=N/O)c1ccccc1. The van der Waals surface area contributed by atoms with Crippen molar-refractivity contribution in [2.24, 2.45) is 5.16 Å². The maximum Gasteiger partial charge on any atom is 0.273 e. The van der Waals surface area contributed by atoms with E-state index < -0.39 is 0 Å². The van der Waals surface area contributed by atoms with E-state index in [0.29, 0.717) is 12.1 Å². The van der Waals surface area contributed by atoms with Gasteiger partial charge in [0.05, 0.1) is 0 Å². The van der Waals surface area contributed by atoms with Gasteiger partial charge >= 0.3 is 0 Å². The van der Waals surface area contributed by atoms with Crippen molar-refractivity contribution in [1.82, 2.24) is 10.6 Å². The Morgan fingerprint density at radius 1 is 0.957 bits per heavy atom. The zero-order valence-corrected chi connectivity index (χ0v) is 12.9. The second kappa shape index (κ2) is 9.38. The number of nitrogens with zero attached hydrogens (tertiary/aromatic N) is 1. The molecule has 0 atom stereocenters. The van der Waals surface area contributed by atoms with Crippen molar-refractivity contribution in [3.05, 3.63) is 71.8 Å². The largest absolute Gasteiger partial charge is 0.410 e. The molecule has 0 aliphatic carbocycles. The van der Waals surface area contributed by atoms with Gasteiger partial charge in [0.1, 0.15) is 0 Å². The van der Waals surface area contributed by atoms with Gasteiger partial charge in [-0.15, -0.1) is 0 Å². The Morgan fingerprint density at radius 2 is 1.61 bits per heavy atom. The van der Waals surface area contributed by atoms with Crippen molar-refractivity contribution in [3.8, 4) is 0 Å². The summed E-state index contributed by atoms with van der Waals surface area (Å²) in [6.45, 7) is 2.13. The first-order valence-corrected chi connectivity index (χ1v) is 7.61.